The maximum Gasteiger partial charge on any atom is 0.380 e. The highest BCUT2D eigenvalue weighted by molar-refractivity contribution is 6.03. The van der Waals surface area contributed by atoms with Crippen molar-refractivity contribution in [1.82, 2.24) is 0 Å². The zero-order valence-electron chi connectivity index (χ0n) is 30.1. The first-order valence-electron chi connectivity index (χ1n) is 18.3. The third-order valence-corrected chi connectivity index (χ3v) is 10.5. The van der Waals surface area contributed by atoms with Gasteiger partial charge in [-0.05, 0) is 82.6 Å². The summed E-state index contributed by atoms with van der Waals surface area (Å²) in [5, 5.41) is 3.75. The Labute approximate surface area is 325 Å². The predicted octanol–water partition coefficient (Wildman–Crippen LogP) is 14.8. The van der Waals surface area contributed by atoms with Gasteiger partial charge in [0.1, 0.15) is 0 Å². The minimum atomic E-state index is -5.69. The van der Waals surface area contributed by atoms with Crippen molar-refractivity contribution in [2.75, 3.05) is 9.80 Å². The third-order valence-electron chi connectivity index (χ3n) is 10.5. The van der Waals surface area contributed by atoms with Crippen LogP contribution in [0.3, 0.4) is 0 Å². The summed E-state index contributed by atoms with van der Waals surface area (Å²) < 4.78 is 94.7. The summed E-state index contributed by atoms with van der Waals surface area (Å²) in [5.41, 5.74) is 0.389. The van der Waals surface area contributed by atoms with Crippen LogP contribution >= 0.6 is 0 Å². The number of rotatable bonds is 8. The highest BCUT2D eigenvalue weighted by atomic mass is 19.3. The van der Waals surface area contributed by atoms with Crippen molar-refractivity contribution in [2.45, 2.75) is 17.8 Å². The van der Waals surface area contributed by atoms with Gasteiger partial charge < -0.3 is 9.80 Å². The maximum atomic E-state index is 16.0. The molecular formula is C49H32F6N2. The third kappa shape index (κ3) is 5.82. The van der Waals surface area contributed by atoms with Crippen LogP contribution in [0.1, 0.15) is 11.1 Å². The van der Waals surface area contributed by atoms with Gasteiger partial charge in [-0.1, -0.05) is 133 Å². The Bertz CT molecular complexity index is 2560. The largest absolute Gasteiger partial charge is 0.380 e. The summed E-state index contributed by atoms with van der Waals surface area (Å²) in [6.45, 7) is 0. The molecule has 280 valence electrons. The summed E-state index contributed by atoms with van der Waals surface area (Å²) in [6.07, 6.45) is 0. The van der Waals surface area contributed by atoms with E-state index in [0.717, 1.165) is 44.3 Å². The van der Waals surface area contributed by atoms with Gasteiger partial charge in [0, 0.05) is 44.7 Å². The molecule has 0 saturated carbocycles. The number of anilines is 6. The summed E-state index contributed by atoms with van der Waals surface area (Å²) in [4.78, 5) is 3.81. The van der Waals surface area contributed by atoms with Crippen molar-refractivity contribution in [3.8, 4) is 0 Å². The van der Waals surface area contributed by atoms with E-state index in [1.807, 2.05) is 155 Å². The molecule has 0 N–H and O–H groups in total. The summed E-state index contributed by atoms with van der Waals surface area (Å²) in [7, 11) is 0. The number of benzene rings is 8. The van der Waals surface area contributed by atoms with E-state index in [1.165, 1.54) is 48.5 Å². The number of alkyl halides is 6. The quantitative estimate of drug-likeness (QED) is 0.142. The smallest absolute Gasteiger partial charge is 0.310 e. The lowest BCUT2D eigenvalue weighted by atomic mass is 9.94. The number of halogens is 6. The molecule has 8 aromatic rings. The second-order valence-electron chi connectivity index (χ2n) is 13.9. The molecular weight excluding hydrogens is 731 g/mol. The minimum absolute atomic E-state index is 0.438. The van der Waals surface area contributed by atoms with Gasteiger partial charge in [-0.15, -0.1) is 0 Å². The van der Waals surface area contributed by atoms with E-state index < -0.39 is 40.0 Å². The lowest BCUT2D eigenvalue weighted by molar-refractivity contribution is -0.254. The Kier molecular flexibility index (Phi) is 8.65. The number of hydrogen-bond acceptors (Lipinski definition) is 2. The van der Waals surface area contributed by atoms with E-state index in [1.54, 1.807) is 0 Å². The minimum Gasteiger partial charge on any atom is -0.310 e. The molecule has 0 radical (unpaired) electrons. The van der Waals surface area contributed by atoms with Crippen LogP contribution in [0.2, 0.25) is 0 Å². The van der Waals surface area contributed by atoms with Gasteiger partial charge in [-0.2, -0.15) is 26.3 Å². The van der Waals surface area contributed by atoms with E-state index in [0.29, 0.717) is 11.4 Å². The molecule has 57 heavy (non-hydrogen) atoms. The first-order valence-corrected chi connectivity index (χ1v) is 18.3. The molecule has 0 fully saturated rings. The summed E-state index contributed by atoms with van der Waals surface area (Å²) in [6, 6.07) is 56.6. The Morgan fingerprint density at radius 2 is 0.614 bits per heavy atom. The van der Waals surface area contributed by atoms with Crippen LogP contribution in [0.4, 0.5) is 60.5 Å². The molecule has 0 bridgehead atoms. The van der Waals surface area contributed by atoms with Gasteiger partial charge in [0.15, 0.2) is 0 Å². The van der Waals surface area contributed by atoms with Crippen LogP contribution in [0, 0.1) is 0 Å². The monoisotopic (exact) mass is 762 g/mol. The van der Waals surface area contributed by atoms with Crippen LogP contribution in [0.25, 0.3) is 32.7 Å². The van der Waals surface area contributed by atoms with Crippen LogP contribution in [-0.2, 0) is 0 Å². The average molecular weight is 763 g/mol. The van der Waals surface area contributed by atoms with Crippen LogP contribution in [0.5, 0.6) is 0 Å². The molecule has 0 heterocycles. The Morgan fingerprint density at radius 1 is 0.298 bits per heavy atom. The molecule has 0 aliphatic heterocycles. The van der Waals surface area contributed by atoms with Gasteiger partial charge in [-0.3, -0.25) is 0 Å². The van der Waals surface area contributed by atoms with Crippen LogP contribution in [0.15, 0.2) is 194 Å². The van der Waals surface area contributed by atoms with Crippen molar-refractivity contribution in [3.63, 3.8) is 0 Å². The molecule has 8 aromatic carbocycles. The molecule has 8 heteroatoms. The lowest BCUT2D eigenvalue weighted by Gasteiger charge is -2.27. The van der Waals surface area contributed by atoms with E-state index in [2.05, 4.69) is 0 Å². The van der Waals surface area contributed by atoms with Crippen molar-refractivity contribution in [3.05, 3.63) is 205 Å². The van der Waals surface area contributed by atoms with E-state index in [-0.39, 0.29) is 0 Å². The summed E-state index contributed by atoms with van der Waals surface area (Å²) >= 11 is 0. The molecule has 1 aliphatic rings. The molecule has 9 rings (SSSR count). The van der Waals surface area contributed by atoms with E-state index in [4.69, 9.17) is 0 Å². The normalized spacial score (nSPS) is 15.5. The number of allylic oxidation sites excluding steroid dienone is 2. The highest BCUT2D eigenvalue weighted by Gasteiger charge is 2.80. The summed E-state index contributed by atoms with van der Waals surface area (Å²) in [5.74, 6) is -16.1. The van der Waals surface area contributed by atoms with Crippen molar-refractivity contribution in [2.24, 2.45) is 0 Å². The van der Waals surface area contributed by atoms with Gasteiger partial charge in [0.05, 0.1) is 11.4 Å². The van der Waals surface area contributed by atoms with Gasteiger partial charge in [0.25, 0.3) is 0 Å². The fraction of sp³-hybridized carbons (Fsp3) is 0.0612. The van der Waals surface area contributed by atoms with Crippen molar-refractivity contribution in [1.29, 1.82) is 0 Å². The van der Waals surface area contributed by atoms with Crippen molar-refractivity contribution < 1.29 is 26.3 Å². The average Bonchev–Trinajstić information content (AvgIpc) is 3.35. The molecule has 0 aromatic heterocycles. The van der Waals surface area contributed by atoms with Gasteiger partial charge >= 0.3 is 17.8 Å². The Morgan fingerprint density at radius 3 is 1.00 bits per heavy atom. The molecule has 0 atom stereocenters. The number of nitrogens with zero attached hydrogens (tertiary/aromatic N) is 2. The molecule has 1 aliphatic carbocycles. The van der Waals surface area contributed by atoms with Crippen LogP contribution in [-0.4, -0.2) is 17.8 Å². The second-order valence-corrected chi connectivity index (χ2v) is 13.9. The zero-order valence-corrected chi connectivity index (χ0v) is 30.1. The second kappa shape index (κ2) is 13.7. The maximum absolute atomic E-state index is 16.0. The fourth-order valence-corrected chi connectivity index (χ4v) is 7.85. The van der Waals surface area contributed by atoms with Crippen LogP contribution < -0.4 is 9.80 Å². The molecule has 0 spiro atoms. The fourth-order valence-electron chi connectivity index (χ4n) is 7.85. The molecule has 2 nitrogen and oxygen atoms in total. The number of para-hydroxylation sites is 2. The first-order chi connectivity index (χ1) is 27.6. The molecule has 0 amide bonds. The lowest BCUT2D eigenvalue weighted by Crippen LogP contribution is -2.48. The topological polar surface area (TPSA) is 6.48 Å². The first kappa shape index (κ1) is 35.9. The molecule has 0 saturated heterocycles. The molecule has 0 unspecified atom stereocenters. The zero-order chi connectivity index (χ0) is 39.4. The predicted molar refractivity (Wildman–Crippen MR) is 219 cm³/mol. The van der Waals surface area contributed by atoms with Crippen molar-refractivity contribution >= 4 is 66.8 Å². The number of hydrogen-bond donors (Lipinski definition) is 0. The van der Waals surface area contributed by atoms with Gasteiger partial charge in [0.2, 0.25) is 0 Å². The Balaban J connectivity index is 1.17. The van der Waals surface area contributed by atoms with E-state index >= 15 is 26.3 Å². The highest BCUT2D eigenvalue weighted by Crippen LogP contribution is 2.64. The van der Waals surface area contributed by atoms with Gasteiger partial charge in [-0.25, -0.2) is 0 Å². The van der Waals surface area contributed by atoms with E-state index in [9.17, 15) is 0 Å². The number of fused-ring (bicyclic) bond motifs is 2. The SMILES string of the molecule is FC1(F)C(c2ccc(N(c3ccccc3)c3cccc4ccccc34)cc2)=C(c2ccc(N(c3ccccc3)c3cccc4ccccc34)cc2)C(F)(F)C1(F)F. The standard InChI is InChI=1S/C49H32F6N2/c50-47(51)45(35-25-29-39(30-26-35)56(37-17-3-1-4-18-37)43-23-11-15-33-13-7-9-21-41(33)43)46(48(52,53)49(47,54)55)36-27-31-40(32-28-36)57(38-19-5-2-6-20-38)44-24-12-16-34-14-8-10-22-42(34)44/h1-32H. The Hall–Kier alpha value is -6.80.